The van der Waals surface area contributed by atoms with Crippen LogP contribution >= 0.6 is 11.3 Å². The minimum Gasteiger partial charge on any atom is -0.384 e. The van der Waals surface area contributed by atoms with E-state index < -0.39 is 21.4 Å². The highest BCUT2D eigenvalue weighted by atomic mass is 32.2. The highest BCUT2D eigenvalue weighted by molar-refractivity contribution is 7.89. The molecule has 7 heteroatoms. The van der Waals surface area contributed by atoms with Crippen molar-refractivity contribution in [3.8, 4) is 0 Å². The molecule has 0 saturated carbocycles. The van der Waals surface area contributed by atoms with E-state index in [0.717, 1.165) is 0 Å². The number of sulfonamides is 1. The van der Waals surface area contributed by atoms with Crippen molar-refractivity contribution in [1.29, 1.82) is 0 Å². The minimum absolute atomic E-state index is 0.0557. The first-order chi connectivity index (χ1) is 9.74. The second-order valence-corrected chi connectivity index (χ2v) is 7.49. The average molecular weight is 329 g/mol. The van der Waals surface area contributed by atoms with Gasteiger partial charge in [0.15, 0.2) is 0 Å². The molecule has 0 radical (unpaired) electrons. The smallest absolute Gasteiger partial charge is 0.241 e. The molecule has 2 rings (SSSR count). The molecular weight excluding hydrogens is 313 g/mol. The van der Waals surface area contributed by atoms with Crippen LogP contribution in [0.1, 0.15) is 18.1 Å². The Balaban J connectivity index is 2.21. The molecule has 0 fully saturated rings. The first-order valence-corrected chi connectivity index (χ1v) is 8.66. The van der Waals surface area contributed by atoms with Gasteiger partial charge in [-0.05, 0) is 48.4 Å². The van der Waals surface area contributed by atoms with Gasteiger partial charge in [0, 0.05) is 12.1 Å². The molecule has 0 bridgehead atoms. The summed E-state index contributed by atoms with van der Waals surface area (Å²) in [6, 6.07) is 5.61. The van der Waals surface area contributed by atoms with E-state index in [9.17, 15) is 17.9 Å². The zero-order valence-electron chi connectivity index (χ0n) is 11.6. The first-order valence-electron chi connectivity index (χ1n) is 6.24. The van der Waals surface area contributed by atoms with Crippen LogP contribution in [0, 0.1) is 12.7 Å². The molecule has 2 N–H and O–H groups in total. The molecule has 1 heterocycles. The van der Waals surface area contributed by atoms with Gasteiger partial charge in [0.2, 0.25) is 10.0 Å². The maximum Gasteiger partial charge on any atom is 0.241 e. The topological polar surface area (TPSA) is 66.4 Å². The average Bonchev–Trinajstić information content (AvgIpc) is 2.94. The largest absolute Gasteiger partial charge is 0.384 e. The van der Waals surface area contributed by atoms with Crippen molar-refractivity contribution < 1.29 is 17.9 Å². The monoisotopic (exact) mass is 329 g/mol. The van der Waals surface area contributed by atoms with Crippen LogP contribution in [0.3, 0.4) is 0 Å². The fraction of sp³-hybridized carbons (Fsp3) is 0.286. The van der Waals surface area contributed by atoms with E-state index in [-0.39, 0.29) is 17.0 Å². The van der Waals surface area contributed by atoms with Crippen molar-refractivity contribution >= 4 is 21.4 Å². The molecule has 1 aromatic heterocycles. The summed E-state index contributed by atoms with van der Waals surface area (Å²) in [6.45, 7) is 2.74. The maximum absolute atomic E-state index is 13.5. The third-order valence-electron chi connectivity index (χ3n) is 3.26. The van der Waals surface area contributed by atoms with Crippen LogP contribution in [0.4, 0.5) is 4.39 Å². The molecule has 0 spiro atoms. The molecule has 0 saturated heterocycles. The summed E-state index contributed by atoms with van der Waals surface area (Å²) >= 11 is 1.41. The van der Waals surface area contributed by atoms with Crippen LogP contribution < -0.4 is 4.72 Å². The van der Waals surface area contributed by atoms with Crippen molar-refractivity contribution in [3.63, 3.8) is 0 Å². The van der Waals surface area contributed by atoms with E-state index in [1.165, 1.54) is 43.4 Å². The maximum atomic E-state index is 13.5. The number of hydrogen-bond donors (Lipinski definition) is 2. The van der Waals surface area contributed by atoms with Gasteiger partial charge in [-0.1, -0.05) is 6.07 Å². The number of halogens is 1. The predicted octanol–water partition coefficient (Wildman–Crippen LogP) is 2.38. The summed E-state index contributed by atoms with van der Waals surface area (Å²) in [4.78, 5) is -0.122. The first kappa shape index (κ1) is 16.1. The summed E-state index contributed by atoms with van der Waals surface area (Å²) in [5, 5.41) is 13.9. The fourth-order valence-electron chi connectivity index (χ4n) is 1.87. The van der Waals surface area contributed by atoms with Gasteiger partial charge in [-0.25, -0.2) is 17.5 Å². The van der Waals surface area contributed by atoms with Gasteiger partial charge >= 0.3 is 0 Å². The van der Waals surface area contributed by atoms with Crippen molar-refractivity contribution in [2.45, 2.75) is 24.3 Å². The molecule has 0 amide bonds. The highest BCUT2D eigenvalue weighted by Gasteiger charge is 2.27. The number of nitrogens with one attached hydrogen (secondary N) is 1. The lowest BCUT2D eigenvalue weighted by molar-refractivity contribution is 0.0632. The number of aliphatic hydroxyl groups is 1. The molecule has 0 aliphatic rings. The van der Waals surface area contributed by atoms with E-state index >= 15 is 0 Å². The zero-order valence-corrected chi connectivity index (χ0v) is 13.3. The molecule has 0 aliphatic heterocycles. The molecule has 4 nitrogen and oxygen atoms in total. The Labute approximate surface area is 127 Å². The fourth-order valence-corrected chi connectivity index (χ4v) is 4.03. The van der Waals surface area contributed by atoms with Crippen molar-refractivity contribution in [1.82, 2.24) is 4.72 Å². The standard InChI is InChI=1S/C14H16FNO3S2/c1-10-12(15)4-3-5-13(10)21(18,19)16-9-14(2,17)11-6-7-20-8-11/h3-8,16-17H,9H2,1-2H3. The van der Waals surface area contributed by atoms with E-state index in [2.05, 4.69) is 4.72 Å². The minimum atomic E-state index is -3.88. The summed E-state index contributed by atoms with van der Waals surface area (Å²) in [6.07, 6.45) is 0. The lowest BCUT2D eigenvalue weighted by Gasteiger charge is -2.23. The number of hydrogen-bond acceptors (Lipinski definition) is 4. The van der Waals surface area contributed by atoms with Crippen LogP contribution in [0.2, 0.25) is 0 Å². The zero-order chi connectivity index (χ0) is 15.7. The van der Waals surface area contributed by atoms with E-state index in [1.54, 1.807) is 16.8 Å². The second kappa shape index (κ2) is 5.84. The Morgan fingerprint density at radius 1 is 1.38 bits per heavy atom. The third-order valence-corrected chi connectivity index (χ3v) is 5.49. The van der Waals surface area contributed by atoms with Crippen LogP contribution in [-0.4, -0.2) is 20.1 Å². The van der Waals surface area contributed by atoms with Crippen molar-refractivity contribution in [3.05, 3.63) is 52.0 Å². The molecular formula is C14H16FNO3S2. The highest BCUT2D eigenvalue weighted by Crippen LogP contribution is 2.23. The van der Waals surface area contributed by atoms with Gasteiger partial charge in [-0.3, -0.25) is 0 Å². The Morgan fingerprint density at radius 3 is 2.71 bits per heavy atom. The van der Waals surface area contributed by atoms with Crippen LogP contribution in [-0.2, 0) is 15.6 Å². The van der Waals surface area contributed by atoms with Crippen LogP contribution in [0.25, 0.3) is 0 Å². The van der Waals surface area contributed by atoms with Gasteiger partial charge in [0.05, 0.1) is 4.90 Å². The van der Waals surface area contributed by atoms with Crippen LogP contribution in [0.5, 0.6) is 0 Å². The lowest BCUT2D eigenvalue weighted by Crippen LogP contribution is -2.38. The molecule has 114 valence electrons. The van der Waals surface area contributed by atoms with E-state index in [1.807, 2.05) is 0 Å². The molecule has 0 aliphatic carbocycles. The molecule has 1 unspecified atom stereocenters. The quantitative estimate of drug-likeness (QED) is 0.885. The molecule has 1 aromatic carbocycles. The Morgan fingerprint density at radius 2 is 2.10 bits per heavy atom. The van der Waals surface area contributed by atoms with Crippen LogP contribution in [0.15, 0.2) is 39.9 Å². The second-order valence-electron chi connectivity index (χ2n) is 4.97. The number of thiophene rings is 1. The van der Waals surface area contributed by atoms with Gasteiger partial charge in [-0.15, -0.1) is 0 Å². The Hall–Kier alpha value is -1.28. The molecule has 1 atom stereocenters. The Bertz CT molecular complexity index is 725. The van der Waals surface area contributed by atoms with E-state index in [4.69, 9.17) is 0 Å². The summed E-state index contributed by atoms with van der Waals surface area (Å²) in [7, 11) is -3.88. The Kier molecular flexibility index (Phi) is 4.48. The SMILES string of the molecule is Cc1c(F)cccc1S(=O)(=O)NCC(C)(O)c1ccsc1. The number of rotatable bonds is 5. The van der Waals surface area contributed by atoms with Crippen molar-refractivity contribution in [2.75, 3.05) is 6.54 Å². The lowest BCUT2D eigenvalue weighted by atomic mass is 10.0. The molecule has 21 heavy (non-hydrogen) atoms. The van der Waals surface area contributed by atoms with Gasteiger partial charge in [0.25, 0.3) is 0 Å². The summed E-state index contributed by atoms with van der Waals surface area (Å²) in [5.41, 5.74) is -0.639. The molecule has 2 aromatic rings. The van der Waals surface area contributed by atoms with Gasteiger partial charge < -0.3 is 5.11 Å². The number of benzene rings is 1. The summed E-state index contributed by atoms with van der Waals surface area (Å²) < 4.78 is 40.3. The van der Waals surface area contributed by atoms with Gasteiger partial charge in [-0.2, -0.15) is 11.3 Å². The van der Waals surface area contributed by atoms with Crippen molar-refractivity contribution in [2.24, 2.45) is 0 Å². The summed E-state index contributed by atoms with van der Waals surface area (Å²) in [5.74, 6) is -0.581. The normalized spacial score (nSPS) is 14.9. The van der Waals surface area contributed by atoms with E-state index in [0.29, 0.717) is 5.56 Å². The third kappa shape index (κ3) is 3.49. The predicted molar refractivity (Wildman–Crippen MR) is 80.2 cm³/mol. The van der Waals surface area contributed by atoms with Gasteiger partial charge in [0.1, 0.15) is 11.4 Å².